The zero-order valence-electron chi connectivity index (χ0n) is 13.7. The van der Waals surface area contributed by atoms with Gasteiger partial charge < -0.3 is 10.0 Å². The first-order chi connectivity index (χ1) is 12.2. The minimum Gasteiger partial charge on any atom is -0.481 e. The van der Waals surface area contributed by atoms with Crippen LogP contribution in [0.5, 0.6) is 0 Å². The summed E-state index contributed by atoms with van der Waals surface area (Å²) < 4.78 is 39.3. The Hall–Kier alpha value is -2.42. The Morgan fingerprint density at radius 3 is 2.50 bits per heavy atom. The van der Waals surface area contributed by atoms with Gasteiger partial charge in [-0.15, -0.1) is 0 Å². The average molecular weight is 384 g/mol. The van der Waals surface area contributed by atoms with E-state index in [4.69, 9.17) is 5.11 Å². The van der Waals surface area contributed by atoms with Crippen molar-refractivity contribution in [1.29, 1.82) is 0 Å². The van der Waals surface area contributed by atoms with E-state index in [1.807, 2.05) is 16.8 Å². The van der Waals surface area contributed by atoms with E-state index in [1.165, 1.54) is 17.4 Å². The Kier molecular flexibility index (Phi) is 4.74. The van der Waals surface area contributed by atoms with E-state index < -0.39 is 43.0 Å². The zero-order valence-corrected chi connectivity index (χ0v) is 14.5. The second kappa shape index (κ2) is 6.71. The predicted octanol–water partition coefficient (Wildman–Crippen LogP) is 3.45. The monoisotopic (exact) mass is 384 g/mol. The summed E-state index contributed by atoms with van der Waals surface area (Å²) in [7, 11) is 0. The Balaban J connectivity index is 1.84. The van der Waals surface area contributed by atoms with Crippen LogP contribution in [0.15, 0.2) is 29.0 Å². The van der Waals surface area contributed by atoms with Gasteiger partial charge >= 0.3 is 12.1 Å². The highest BCUT2D eigenvalue weighted by atomic mass is 32.1. The third-order valence-electron chi connectivity index (χ3n) is 4.48. The molecule has 1 N–H and O–H groups in total. The molecule has 1 saturated heterocycles. The molecule has 26 heavy (non-hydrogen) atoms. The molecule has 2 atom stereocenters. The van der Waals surface area contributed by atoms with Gasteiger partial charge in [-0.2, -0.15) is 24.5 Å². The molecule has 1 aliphatic heterocycles. The number of carbonyl (C=O) groups excluding carboxylic acids is 1. The molecular weight excluding hydrogens is 369 g/mol. The maximum Gasteiger partial charge on any atom is 0.394 e. The van der Waals surface area contributed by atoms with E-state index in [1.54, 1.807) is 13.0 Å². The van der Waals surface area contributed by atoms with Crippen LogP contribution in [0.2, 0.25) is 0 Å². The fourth-order valence-electron chi connectivity index (χ4n) is 3.08. The topological polar surface area (TPSA) is 70.5 Å². The lowest BCUT2D eigenvalue weighted by molar-refractivity contribution is -0.187. The quantitative estimate of drug-likeness (QED) is 0.880. The van der Waals surface area contributed by atoms with E-state index in [0.717, 1.165) is 10.5 Å². The molecule has 0 saturated carbocycles. The highest BCUT2D eigenvalue weighted by Gasteiger charge is 2.53. The summed E-state index contributed by atoms with van der Waals surface area (Å²) in [6.45, 7) is 0.476. The highest BCUT2D eigenvalue weighted by molar-refractivity contribution is 7.08. The number of halogens is 3. The molecule has 3 rings (SSSR count). The fraction of sp³-hybridized carbons (Fsp3) is 0.353. The van der Waals surface area contributed by atoms with Gasteiger partial charge in [-0.25, -0.2) is 0 Å². The van der Waals surface area contributed by atoms with Crippen LogP contribution < -0.4 is 0 Å². The molecule has 1 amide bonds. The smallest absolute Gasteiger partial charge is 0.394 e. The Morgan fingerprint density at radius 2 is 2.00 bits per heavy atom. The average Bonchev–Trinajstić information content (AvgIpc) is 3.23. The molecule has 1 aliphatic rings. The van der Waals surface area contributed by atoms with Crippen molar-refractivity contribution < 1.29 is 27.9 Å². The first kappa shape index (κ1) is 18.4. The van der Waals surface area contributed by atoms with Crippen molar-refractivity contribution in [3.63, 3.8) is 0 Å². The molecule has 138 valence electrons. The van der Waals surface area contributed by atoms with Crippen molar-refractivity contribution in [3.05, 3.63) is 40.2 Å². The molecule has 0 radical (unpaired) electrons. The summed E-state index contributed by atoms with van der Waals surface area (Å²) >= 11 is 1.50. The number of hydrogen-bond donors (Lipinski definition) is 1. The SMILES string of the molecule is Cc1nc(-c2ccsc2)ccc1C(=O)N1C[C@@H](C(F)(F)F)[C@H](C(=O)O)C1. The number of hydrogen-bond acceptors (Lipinski definition) is 4. The van der Waals surface area contributed by atoms with Gasteiger partial charge in [-0.05, 0) is 30.5 Å². The molecule has 0 bridgehead atoms. The second-order valence-electron chi connectivity index (χ2n) is 6.14. The molecule has 0 aromatic carbocycles. The largest absolute Gasteiger partial charge is 0.481 e. The van der Waals surface area contributed by atoms with Crippen molar-refractivity contribution in [2.24, 2.45) is 11.8 Å². The van der Waals surface area contributed by atoms with Crippen LogP contribution in [0.3, 0.4) is 0 Å². The number of nitrogens with zero attached hydrogens (tertiary/aromatic N) is 2. The third-order valence-corrected chi connectivity index (χ3v) is 5.16. The van der Waals surface area contributed by atoms with E-state index in [9.17, 15) is 22.8 Å². The number of rotatable bonds is 3. The number of aliphatic carboxylic acids is 1. The molecule has 2 aromatic rings. The van der Waals surface area contributed by atoms with Gasteiger partial charge in [0.25, 0.3) is 5.91 Å². The lowest BCUT2D eigenvalue weighted by Gasteiger charge is -2.19. The molecule has 9 heteroatoms. The van der Waals surface area contributed by atoms with Crippen LogP contribution >= 0.6 is 11.3 Å². The minimum atomic E-state index is -4.67. The van der Waals surface area contributed by atoms with Crippen molar-refractivity contribution in [3.8, 4) is 11.3 Å². The summed E-state index contributed by atoms with van der Waals surface area (Å²) in [5.41, 5.74) is 2.12. The van der Waals surface area contributed by atoms with Crippen molar-refractivity contribution in [2.45, 2.75) is 13.1 Å². The number of carbonyl (C=O) groups is 2. The van der Waals surface area contributed by atoms with Gasteiger partial charge in [-0.3, -0.25) is 14.6 Å². The third kappa shape index (κ3) is 3.44. The summed E-state index contributed by atoms with van der Waals surface area (Å²) in [5, 5.41) is 12.9. The molecule has 1 fully saturated rings. The molecule has 0 aliphatic carbocycles. The van der Waals surface area contributed by atoms with Crippen LogP contribution in [0.1, 0.15) is 16.1 Å². The Bertz CT molecular complexity index is 836. The minimum absolute atomic E-state index is 0.177. The first-order valence-electron chi connectivity index (χ1n) is 7.77. The number of alkyl halides is 3. The van der Waals surface area contributed by atoms with Gasteiger partial charge in [0.2, 0.25) is 0 Å². The van der Waals surface area contributed by atoms with Crippen LogP contribution in [-0.2, 0) is 4.79 Å². The maximum atomic E-state index is 13.1. The number of thiophene rings is 1. The zero-order chi connectivity index (χ0) is 19.1. The number of likely N-dealkylation sites (tertiary alicyclic amines) is 1. The van der Waals surface area contributed by atoms with Gasteiger partial charge in [0, 0.05) is 24.0 Å². The van der Waals surface area contributed by atoms with Crippen molar-refractivity contribution in [1.82, 2.24) is 9.88 Å². The number of carboxylic acids is 1. The van der Waals surface area contributed by atoms with E-state index in [-0.39, 0.29) is 5.56 Å². The van der Waals surface area contributed by atoms with Gasteiger partial charge in [0.05, 0.1) is 28.8 Å². The van der Waals surface area contributed by atoms with Crippen LogP contribution in [0.25, 0.3) is 11.3 Å². The summed E-state index contributed by atoms with van der Waals surface area (Å²) in [6.07, 6.45) is -4.67. The van der Waals surface area contributed by atoms with E-state index in [2.05, 4.69) is 4.98 Å². The maximum absolute atomic E-state index is 13.1. The predicted molar refractivity (Wildman–Crippen MR) is 88.9 cm³/mol. The number of amides is 1. The lowest BCUT2D eigenvalue weighted by atomic mass is 9.96. The second-order valence-corrected chi connectivity index (χ2v) is 6.92. The van der Waals surface area contributed by atoms with Crippen LogP contribution in [0.4, 0.5) is 13.2 Å². The number of carboxylic acid groups (broad SMARTS) is 1. The van der Waals surface area contributed by atoms with Crippen LogP contribution in [-0.4, -0.2) is 46.1 Å². The molecule has 2 aromatic heterocycles. The van der Waals surface area contributed by atoms with Gasteiger partial charge in [-0.1, -0.05) is 0 Å². The molecule has 0 unspecified atom stereocenters. The Morgan fingerprint density at radius 1 is 1.27 bits per heavy atom. The van der Waals surface area contributed by atoms with Gasteiger partial charge in [0.1, 0.15) is 0 Å². The number of aryl methyl sites for hydroxylation is 1. The van der Waals surface area contributed by atoms with Crippen molar-refractivity contribution in [2.75, 3.05) is 13.1 Å². The standard InChI is InChI=1S/C17H15F3N2O3S/c1-9-11(2-3-14(21-9)10-4-5-26-8-10)15(23)22-6-12(16(24)25)13(7-22)17(18,19)20/h2-5,8,12-13H,6-7H2,1H3,(H,24,25)/t12-,13-/m1/s1. The molecule has 3 heterocycles. The molecular formula is C17H15F3N2O3S. The lowest BCUT2D eigenvalue weighted by Crippen LogP contribution is -2.34. The van der Waals surface area contributed by atoms with Crippen LogP contribution in [0, 0.1) is 18.8 Å². The molecule has 5 nitrogen and oxygen atoms in total. The van der Waals surface area contributed by atoms with Gasteiger partial charge in [0.15, 0.2) is 0 Å². The number of pyridine rings is 1. The van der Waals surface area contributed by atoms with E-state index >= 15 is 0 Å². The highest BCUT2D eigenvalue weighted by Crippen LogP contribution is 2.38. The first-order valence-corrected chi connectivity index (χ1v) is 8.71. The summed E-state index contributed by atoms with van der Waals surface area (Å²) in [6, 6.07) is 5.03. The molecule has 0 spiro atoms. The summed E-state index contributed by atoms with van der Waals surface area (Å²) in [4.78, 5) is 29.1. The normalized spacial score (nSPS) is 20.4. The van der Waals surface area contributed by atoms with Crippen molar-refractivity contribution >= 4 is 23.2 Å². The summed E-state index contributed by atoms with van der Waals surface area (Å²) in [5.74, 6) is -5.91. The number of aromatic nitrogens is 1. The van der Waals surface area contributed by atoms with E-state index in [0.29, 0.717) is 11.4 Å². The fourth-order valence-corrected chi connectivity index (χ4v) is 3.73. The Labute approximate surface area is 151 Å².